The summed E-state index contributed by atoms with van der Waals surface area (Å²) < 4.78 is 44.0. The number of halogens is 3. The van der Waals surface area contributed by atoms with Crippen molar-refractivity contribution in [2.24, 2.45) is 0 Å². The number of aliphatic carboxylic acids is 1. The maximum Gasteiger partial charge on any atom is 0.416 e. The summed E-state index contributed by atoms with van der Waals surface area (Å²) in [6, 6.07) is 8.10. The predicted molar refractivity (Wildman–Crippen MR) is 91.4 cm³/mol. The summed E-state index contributed by atoms with van der Waals surface area (Å²) in [5.74, 6) is 0.00225. The number of rotatable bonds is 6. The van der Waals surface area contributed by atoms with E-state index in [9.17, 15) is 18.0 Å². The van der Waals surface area contributed by atoms with Crippen molar-refractivity contribution in [3.8, 4) is 0 Å². The van der Waals surface area contributed by atoms with Gasteiger partial charge in [-0.1, -0.05) is 24.3 Å². The van der Waals surface area contributed by atoms with Crippen LogP contribution in [0.2, 0.25) is 0 Å². The number of benzene rings is 1. The number of alkyl halides is 3. The molecule has 0 amide bonds. The lowest BCUT2D eigenvalue weighted by molar-refractivity contribution is -0.137. The van der Waals surface area contributed by atoms with E-state index in [1.807, 2.05) is 19.0 Å². The lowest BCUT2D eigenvalue weighted by Crippen LogP contribution is -2.09. The fourth-order valence-corrected chi connectivity index (χ4v) is 2.31. The lowest BCUT2D eigenvalue weighted by atomic mass is 10.0. The Morgan fingerprint density at radius 1 is 1.15 bits per heavy atom. The fourth-order valence-electron chi connectivity index (χ4n) is 2.31. The molecule has 0 bridgehead atoms. The van der Waals surface area contributed by atoms with Gasteiger partial charge in [0.05, 0.1) is 12.1 Å². The molecular formula is C19H18F3NO3. The molecule has 0 atom stereocenters. The topological polar surface area (TPSA) is 53.7 Å². The Kier molecular flexibility index (Phi) is 6.05. The second-order valence-electron chi connectivity index (χ2n) is 5.86. The number of hydrogen-bond donors (Lipinski definition) is 1. The summed E-state index contributed by atoms with van der Waals surface area (Å²) in [6.45, 7) is 0.561. The van der Waals surface area contributed by atoms with Crippen molar-refractivity contribution in [2.45, 2.75) is 12.7 Å². The first-order valence-corrected chi connectivity index (χ1v) is 7.69. The molecule has 1 N–H and O–H groups in total. The molecule has 0 unspecified atom stereocenters. The van der Waals surface area contributed by atoms with Crippen molar-refractivity contribution >= 4 is 11.5 Å². The van der Waals surface area contributed by atoms with E-state index < -0.39 is 17.7 Å². The van der Waals surface area contributed by atoms with Gasteiger partial charge in [0.1, 0.15) is 11.5 Å². The van der Waals surface area contributed by atoms with Crippen LogP contribution >= 0.6 is 0 Å². The molecule has 0 aliphatic heterocycles. The minimum atomic E-state index is -4.42. The standard InChI is InChI=1S/C19H18F3NO3/c1-23(2)12-15-10-11-17(26-15)16(4-3-5-18(24)25)13-6-8-14(9-7-13)19(20,21)22/h3-11H,12H2,1-2H3,(H,24,25)/b5-3+,16-4-. The van der Waals surface area contributed by atoms with Crippen LogP contribution in [0.3, 0.4) is 0 Å². The fraction of sp³-hybridized carbons (Fsp3) is 0.211. The first-order chi connectivity index (χ1) is 12.2. The molecule has 0 aliphatic rings. The van der Waals surface area contributed by atoms with E-state index in [4.69, 9.17) is 9.52 Å². The molecular weight excluding hydrogens is 347 g/mol. The smallest absolute Gasteiger partial charge is 0.416 e. The number of carboxylic acids is 1. The van der Waals surface area contributed by atoms with Gasteiger partial charge in [0.15, 0.2) is 0 Å². The second kappa shape index (κ2) is 8.05. The first-order valence-electron chi connectivity index (χ1n) is 7.69. The van der Waals surface area contributed by atoms with E-state index in [1.54, 1.807) is 12.1 Å². The molecule has 2 rings (SSSR count). The van der Waals surface area contributed by atoms with E-state index in [0.717, 1.165) is 18.2 Å². The highest BCUT2D eigenvalue weighted by Gasteiger charge is 2.30. The van der Waals surface area contributed by atoms with Crippen LogP contribution in [0.1, 0.15) is 22.6 Å². The number of carbonyl (C=O) groups is 1. The van der Waals surface area contributed by atoms with Crippen molar-refractivity contribution in [3.05, 3.63) is 77.3 Å². The van der Waals surface area contributed by atoms with Gasteiger partial charge < -0.3 is 14.4 Å². The quantitative estimate of drug-likeness (QED) is 0.608. The van der Waals surface area contributed by atoms with Crippen molar-refractivity contribution in [2.75, 3.05) is 14.1 Å². The van der Waals surface area contributed by atoms with Crippen LogP contribution in [0.5, 0.6) is 0 Å². The maximum atomic E-state index is 12.7. The Morgan fingerprint density at radius 2 is 1.81 bits per heavy atom. The molecule has 0 saturated heterocycles. The first kappa shape index (κ1) is 19.5. The van der Waals surface area contributed by atoms with Crippen molar-refractivity contribution in [3.63, 3.8) is 0 Å². The molecule has 138 valence electrons. The van der Waals surface area contributed by atoms with Crippen LogP contribution in [0, 0.1) is 0 Å². The van der Waals surface area contributed by atoms with Gasteiger partial charge >= 0.3 is 12.1 Å². The number of furan rings is 1. The number of allylic oxidation sites excluding steroid dienone is 2. The van der Waals surface area contributed by atoms with Gasteiger partial charge in [-0.3, -0.25) is 0 Å². The Bertz CT molecular complexity index is 815. The molecule has 0 saturated carbocycles. The average Bonchev–Trinajstić information content (AvgIpc) is 2.98. The van der Waals surface area contributed by atoms with Gasteiger partial charge in [0.2, 0.25) is 0 Å². The number of carboxylic acid groups (broad SMARTS) is 1. The molecule has 0 aliphatic carbocycles. The Labute approximate surface area is 148 Å². The van der Waals surface area contributed by atoms with Crippen LogP contribution in [-0.4, -0.2) is 30.1 Å². The predicted octanol–water partition coefficient (Wildman–Crippen LogP) is 4.43. The maximum absolute atomic E-state index is 12.7. The molecule has 1 aromatic heterocycles. The Hall–Kier alpha value is -2.80. The third kappa shape index (κ3) is 5.35. The van der Waals surface area contributed by atoms with Gasteiger partial charge in [-0.25, -0.2) is 4.79 Å². The van der Waals surface area contributed by atoms with E-state index in [2.05, 4.69) is 0 Å². The largest absolute Gasteiger partial charge is 0.478 e. The normalized spacial score (nSPS) is 12.9. The summed E-state index contributed by atoms with van der Waals surface area (Å²) in [7, 11) is 3.76. The summed E-state index contributed by atoms with van der Waals surface area (Å²) in [4.78, 5) is 12.6. The Morgan fingerprint density at radius 3 is 2.35 bits per heavy atom. The molecule has 26 heavy (non-hydrogen) atoms. The summed E-state index contributed by atoms with van der Waals surface area (Å²) in [5.41, 5.74) is 0.217. The van der Waals surface area contributed by atoms with Gasteiger partial charge in [-0.15, -0.1) is 0 Å². The summed E-state index contributed by atoms with van der Waals surface area (Å²) >= 11 is 0. The van der Waals surface area contributed by atoms with E-state index >= 15 is 0 Å². The third-order valence-corrected chi connectivity index (χ3v) is 3.42. The molecule has 0 spiro atoms. The average molecular weight is 365 g/mol. The van der Waals surface area contributed by atoms with E-state index in [1.165, 1.54) is 24.3 Å². The van der Waals surface area contributed by atoms with E-state index in [-0.39, 0.29) is 0 Å². The zero-order chi connectivity index (χ0) is 19.3. The van der Waals surface area contributed by atoms with Gasteiger partial charge in [-0.05, 0) is 43.9 Å². The molecule has 2 aromatic rings. The highest BCUT2D eigenvalue weighted by Crippen LogP contribution is 2.32. The van der Waals surface area contributed by atoms with Crippen LogP contribution in [0.15, 0.2) is 59.0 Å². The highest BCUT2D eigenvalue weighted by molar-refractivity contribution is 5.83. The molecule has 4 nitrogen and oxygen atoms in total. The van der Waals surface area contributed by atoms with Crippen LogP contribution in [0.4, 0.5) is 13.2 Å². The van der Waals surface area contributed by atoms with Crippen molar-refractivity contribution < 1.29 is 27.5 Å². The summed E-state index contributed by atoms with van der Waals surface area (Å²) in [5, 5.41) is 8.73. The number of hydrogen-bond acceptors (Lipinski definition) is 3. The zero-order valence-electron chi connectivity index (χ0n) is 14.2. The second-order valence-corrected chi connectivity index (χ2v) is 5.86. The molecule has 0 fully saturated rings. The minimum absolute atomic E-state index is 0.441. The highest BCUT2D eigenvalue weighted by atomic mass is 19.4. The zero-order valence-corrected chi connectivity index (χ0v) is 14.2. The third-order valence-electron chi connectivity index (χ3n) is 3.42. The van der Waals surface area contributed by atoms with Crippen molar-refractivity contribution in [1.82, 2.24) is 4.90 Å². The van der Waals surface area contributed by atoms with Gasteiger partial charge in [-0.2, -0.15) is 13.2 Å². The van der Waals surface area contributed by atoms with Crippen molar-refractivity contribution in [1.29, 1.82) is 0 Å². The van der Waals surface area contributed by atoms with E-state index in [0.29, 0.717) is 29.2 Å². The van der Waals surface area contributed by atoms with Crippen LogP contribution in [0.25, 0.3) is 5.57 Å². The monoisotopic (exact) mass is 365 g/mol. The SMILES string of the molecule is CN(C)Cc1ccc(/C(=C\C=C\C(=O)O)c2ccc(C(F)(F)F)cc2)o1. The minimum Gasteiger partial charge on any atom is -0.478 e. The summed E-state index contributed by atoms with van der Waals surface area (Å²) in [6.07, 6.45) is -0.679. The molecule has 1 aromatic carbocycles. The van der Waals surface area contributed by atoms with Crippen LogP contribution in [-0.2, 0) is 17.5 Å². The lowest BCUT2D eigenvalue weighted by Gasteiger charge is -2.09. The van der Waals surface area contributed by atoms with Gasteiger partial charge in [0, 0.05) is 11.6 Å². The van der Waals surface area contributed by atoms with Gasteiger partial charge in [0.25, 0.3) is 0 Å². The number of nitrogens with zero attached hydrogens (tertiary/aromatic N) is 1. The molecule has 1 heterocycles. The Balaban J connectivity index is 2.41. The van der Waals surface area contributed by atoms with Crippen LogP contribution < -0.4 is 0 Å². The molecule has 0 radical (unpaired) electrons. The molecule has 7 heteroatoms.